The van der Waals surface area contributed by atoms with Crippen LogP contribution in [0.1, 0.15) is 33.4 Å². The van der Waals surface area contributed by atoms with Crippen LogP contribution in [0, 0.1) is 0 Å². The van der Waals surface area contributed by atoms with Crippen LogP contribution in [0.5, 0.6) is 0 Å². The Kier molecular flexibility index (Phi) is 12.0. The molecule has 0 spiro atoms. The van der Waals surface area contributed by atoms with Crippen molar-refractivity contribution in [1.29, 1.82) is 0 Å². The fourth-order valence-corrected chi connectivity index (χ4v) is 3.20. The summed E-state index contributed by atoms with van der Waals surface area (Å²) in [4.78, 5) is 0. The zero-order chi connectivity index (χ0) is 25.5. The first-order valence-electron chi connectivity index (χ1n) is 11.6. The molecule has 0 aliphatic rings. The molecule has 4 aromatic rings. The maximum absolute atomic E-state index is 5.62. The lowest BCUT2D eigenvalue weighted by Crippen LogP contribution is -2.00. The van der Waals surface area contributed by atoms with E-state index in [0.29, 0.717) is 26.2 Å². The summed E-state index contributed by atoms with van der Waals surface area (Å²) in [5, 5.41) is 0. The van der Waals surface area contributed by atoms with Gasteiger partial charge in [-0.15, -0.1) is 0 Å². The summed E-state index contributed by atoms with van der Waals surface area (Å²) < 4.78 is 0. The largest absolute Gasteiger partial charge is 0.399 e. The third-order valence-corrected chi connectivity index (χ3v) is 5.32. The number of anilines is 2. The topological polar surface area (TPSA) is 156 Å². The summed E-state index contributed by atoms with van der Waals surface area (Å²) in [5.41, 5.74) is 41.6. The third-order valence-electron chi connectivity index (χ3n) is 5.32. The van der Waals surface area contributed by atoms with Crippen LogP contribution in [0.3, 0.4) is 0 Å². The zero-order valence-corrected chi connectivity index (χ0v) is 20.2. The Hall–Kier alpha value is -3.68. The quantitative estimate of drug-likeness (QED) is 0.236. The summed E-state index contributed by atoms with van der Waals surface area (Å²) in [7, 11) is 0. The van der Waals surface area contributed by atoms with E-state index in [1.807, 2.05) is 97.1 Å². The molecule has 0 aliphatic carbocycles. The highest BCUT2D eigenvalue weighted by atomic mass is 14.5. The second-order valence-corrected chi connectivity index (χ2v) is 8.11. The van der Waals surface area contributed by atoms with Crippen LogP contribution in [-0.2, 0) is 32.6 Å². The van der Waals surface area contributed by atoms with Crippen LogP contribution in [0.2, 0.25) is 0 Å². The van der Waals surface area contributed by atoms with Crippen molar-refractivity contribution in [2.45, 2.75) is 32.6 Å². The normalized spacial score (nSPS) is 9.94. The van der Waals surface area contributed by atoms with E-state index in [1.165, 1.54) is 11.1 Å². The molecule has 12 N–H and O–H groups in total. The summed E-state index contributed by atoms with van der Waals surface area (Å²) >= 11 is 0. The van der Waals surface area contributed by atoms with Gasteiger partial charge in [0, 0.05) is 37.6 Å². The molecular weight excluding hydrogens is 432 g/mol. The highest BCUT2D eigenvalue weighted by molar-refractivity contribution is 5.43. The van der Waals surface area contributed by atoms with Crippen molar-refractivity contribution in [3.05, 3.63) is 130 Å². The zero-order valence-electron chi connectivity index (χ0n) is 20.2. The molecule has 0 fully saturated rings. The predicted octanol–water partition coefficient (Wildman–Crippen LogP) is 3.65. The van der Waals surface area contributed by atoms with E-state index < -0.39 is 0 Å². The van der Waals surface area contributed by atoms with Crippen molar-refractivity contribution < 1.29 is 0 Å². The van der Waals surface area contributed by atoms with E-state index in [4.69, 9.17) is 34.4 Å². The van der Waals surface area contributed by atoms with Crippen molar-refractivity contribution in [1.82, 2.24) is 0 Å². The minimum atomic E-state index is 0.591. The lowest BCUT2D eigenvalue weighted by molar-refractivity contribution is 1.03. The summed E-state index contributed by atoms with van der Waals surface area (Å²) in [6.07, 6.45) is 0.917. The SMILES string of the molecule is NCc1ccc(CN)cc1.NCc1cccc(CN)c1.Nc1ccc(Cc2ccc(N)cc2)cc1. The molecule has 0 bridgehead atoms. The molecule has 0 heterocycles. The number of nitrogen functional groups attached to an aromatic ring is 2. The van der Waals surface area contributed by atoms with Crippen LogP contribution >= 0.6 is 0 Å². The maximum atomic E-state index is 5.62. The number of benzene rings is 4. The molecule has 0 unspecified atom stereocenters. The van der Waals surface area contributed by atoms with Gasteiger partial charge >= 0.3 is 0 Å². The van der Waals surface area contributed by atoms with Gasteiger partial charge in [-0.3, -0.25) is 0 Å². The Morgan fingerprint density at radius 2 is 0.686 bits per heavy atom. The molecule has 0 aliphatic heterocycles. The van der Waals surface area contributed by atoms with Gasteiger partial charge in [-0.2, -0.15) is 0 Å². The molecule has 0 aromatic heterocycles. The molecule has 0 saturated heterocycles. The minimum Gasteiger partial charge on any atom is -0.399 e. The van der Waals surface area contributed by atoms with Gasteiger partial charge in [-0.25, -0.2) is 0 Å². The molecule has 184 valence electrons. The van der Waals surface area contributed by atoms with Crippen molar-refractivity contribution >= 4 is 11.4 Å². The first kappa shape index (κ1) is 27.6. The monoisotopic (exact) mass is 470 g/mol. The predicted molar refractivity (Wildman–Crippen MR) is 149 cm³/mol. The maximum Gasteiger partial charge on any atom is 0.0314 e. The van der Waals surface area contributed by atoms with Crippen molar-refractivity contribution in [3.63, 3.8) is 0 Å². The number of nitrogens with two attached hydrogens (primary N) is 6. The number of hydrogen-bond donors (Lipinski definition) is 6. The Bertz CT molecular complexity index is 1020. The third kappa shape index (κ3) is 10.4. The fourth-order valence-electron chi connectivity index (χ4n) is 3.20. The molecule has 6 heteroatoms. The Labute approximate surface area is 208 Å². The Balaban J connectivity index is 0.000000192. The average molecular weight is 471 g/mol. The Morgan fingerprint density at radius 3 is 1.00 bits per heavy atom. The molecular formula is C29H38N6. The van der Waals surface area contributed by atoms with Crippen LogP contribution in [0.25, 0.3) is 0 Å². The van der Waals surface area contributed by atoms with E-state index in [1.54, 1.807) is 0 Å². The van der Waals surface area contributed by atoms with Gasteiger partial charge in [0.15, 0.2) is 0 Å². The number of rotatable bonds is 6. The van der Waals surface area contributed by atoms with Crippen LogP contribution in [0.15, 0.2) is 97.1 Å². The van der Waals surface area contributed by atoms with Crippen molar-refractivity contribution in [3.8, 4) is 0 Å². The minimum absolute atomic E-state index is 0.591. The molecule has 0 amide bonds. The van der Waals surface area contributed by atoms with E-state index in [-0.39, 0.29) is 0 Å². The molecule has 0 atom stereocenters. The van der Waals surface area contributed by atoms with Gasteiger partial charge < -0.3 is 34.4 Å². The summed E-state index contributed by atoms with van der Waals surface area (Å²) in [5.74, 6) is 0. The molecule has 0 radical (unpaired) electrons. The summed E-state index contributed by atoms with van der Waals surface area (Å²) in [6, 6.07) is 31.9. The highest BCUT2D eigenvalue weighted by Gasteiger charge is 1.96. The van der Waals surface area contributed by atoms with Gasteiger partial charge in [0.05, 0.1) is 0 Å². The Morgan fingerprint density at radius 1 is 0.371 bits per heavy atom. The lowest BCUT2D eigenvalue weighted by atomic mass is 10.0. The first-order valence-corrected chi connectivity index (χ1v) is 11.6. The van der Waals surface area contributed by atoms with E-state index in [2.05, 4.69) is 0 Å². The molecule has 4 rings (SSSR count). The molecule has 35 heavy (non-hydrogen) atoms. The molecule has 6 nitrogen and oxygen atoms in total. The molecule has 0 saturated carbocycles. The van der Waals surface area contributed by atoms with Gasteiger partial charge in [-0.05, 0) is 64.1 Å². The number of hydrogen-bond acceptors (Lipinski definition) is 6. The first-order chi connectivity index (χ1) is 17.0. The van der Waals surface area contributed by atoms with Gasteiger partial charge in [0.25, 0.3) is 0 Å². The van der Waals surface area contributed by atoms with E-state index in [9.17, 15) is 0 Å². The van der Waals surface area contributed by atoms with Gasteiger partial charge in [0.2, 0.25) is 0 Å². The summed E-state index contributed by atoms with van der Waals surface area (Å²) in [6.45, 7) is 2.39. The standard InChI is InChI=1S/C13H14N2.2C8H12N2/c14-12-5-1-10(2-6-12)9-11-3-7-13(15)8-4-11;9-5-7-1-2-8(6-10)4-3-7;9-5-7-2-1-3-8(4-7)6-10/h1-8H,9,14-15H2;2*1-4H,5-6,9-10H2. The van der Waals surface area contributed by atoms with Gasteiger partial charge in [0.1, 0.15) is 0 Å². The average Bonchev–Trinajstić information content (AvgIpc) is 2.92. The van der Waals surface area contributed by atoms with Crippen molar-refractivity contribution in [2.24, 2.45) is 22.9 Å². The second-order valence-electron chi connectivity index (χ2n) is 8.11. The molecule has 4 aromatic carbocycles. The van der Waals surface area contributed by atoms with E-state index in [0.717, 1.165) is 40.0 Å². The van der Waals surface area contributed by atoms with Crippen molar-refractivity contribution in [2.75, 3.05) is 11.5 Å². The lowest BCUT2D eigenvalue weighted by Gasteiger charge is -2.02. The van der Waals surface area contributed by atoms with Crippen LogP contribution < -0.4 is 34.4 Å². The fraction of sp³-hybridized carbons (Fsp3) is 0.172. The van der Waals surface area contributed by atoms with E-state index >= 15 is 0 Å². The van der Waals surface area contributed by atoms with Gasteiger partial charge in [-0.1, -0.05) is 72.8 Å². The van der Waals surface area contributed by atoms with Crippen LogP contribution in [0.4, 0.5) is 11.4 Å². The smallest absolute Gasteiger partial charge is 0.0314 e. The van der Waals surface area contributed by atoms with Crippen LogP contribution in [-0.4, -0.2) is 0 Å². The highest BCUT2D eigenvalue weighted by Crippen LogP contribution is 2.13. The second kappa shape index (κ2) is 15.3.